The summed E-state index contributed by atoms with van der Waals surface area (Å²) in [5.74, 6) is -0.389. The zero-order valence-electron chi connectivity index (χ0n) is 12.2. The number of carboxylic acid groups (broad SMARTS) is 1. The van der Waals surface area contributed by atoms with Crippen molar-refractivity contribution in [3.8, 4) is 5.75 Å². The summed E-state index contributed by atoms with van der Waals surface area (Å²) >= 11 is 6.59. The highest BCUT2D eigenvalue weighted by molar-refractivity contribution is 14.1. The molecule has 0 aromatic heterocycles. The minimum Gasteiger partial charge on any atom is -0.492 e. The molecule has 8 heteroatoms. The first kappa shape index (κ1) is 20.2. The van der Waals surface area contributed by atoms with Gasteiger partial charge in [-0.3, -0.25) is 9.59 Å². The van der Waals surface area contributed by atoms with Crippen LogP contribution in [0.1, 0.15) is 26.7 Å². The SMILES string of the molecule is CCOc1c(I)cc(I)c(N(CC)C(=O)CCC(=O)O)c1I. The number of benzene rings is 1. The molecule has 0 saturated carbocycles. The molecule has 0 aliphatic carbocycles. The molecule has 1 amide bonds. The van der Waals surface area contributed by atoms with E-state index in [0.29, 0.717) is 13.2 Å². The fraction of sp³-hybridized carbons (Fsp3) is 0.429. The molecule has 1 N–H and O–H groups in total. The number of anilines is 1. The Labute approximate surface area is 170 Å². The molecule has 0 aliphatic heterocycles. The van der Waals surface area contributed by atoms with Gasteiger partial charge in [-0.25, -0.2) is 0 Å². The zero-order chi connectivity index (χ0) is 16.9. The van der Waals surface area contributed by atoms with Crippen LogP contribution in [0.15, 0.2) is 6.07 Å². The molecule has 0 spiro atoms. The van der Waals surface area contributed by atoms with Gasteiger partial charge in [0, 0.05) is 16.5 Å². The van der Waals surface area contributed by atoms with E-state index in [2.05, 4.69) is 67.8 Å². The monoisotopic (exact) mass is 643 g/mol. The number of halogens is 3. The van der Waals surface area contributed by atoms with Gasteiger partial charge in [0.05, 0.1) is 25.9 Å². The number of carbonyl (C=O) groups excluding carboxylic acids is 1. The van der Waals surface area contributed by atoms with Gasteiger partial charge in [-0.05, 0) is 87.7 Å². The van der Waals surface area contributed by atoms with Crippen LogP contribution in [0.2, 0.25) is 0 Å². The quantitative estimate of drug-likeness (QED) is 0.455. The third kappa shape index (κ3) is 5.08. The van der Waals surface area contributed by atoms with Crippen molar-refractivity contribution in [2.75, 3.05) is 18.1 Å². The maximum absolute atomic E-state index is 12.4. The lowest BCUT2D eigenvalue weighted by Gasteiger charge is -2.25. The lowest BCUT2D eigenvalue weighted by Crippen LogP contribution is -2.32. The summed E-state index contributed by atoms with van der Waals surface area (Å²) < 4.78 is 8.50. The number of aliphatic carboxylic acids is 1. The van der Waals surface area contributed by atoms with E-state index in [0.717, 1.165) is 22.1 Å². The van der Waals surface area contributed by atoms with Crippen molar-refractivity contribution in [2.24, 2.45) is 0 Å². The molecule has 1 aromatic rings. The normalized spacial score (nSPS) is 10.4. The van der Waals surface area contributed by atoms with Crippen molar-refractivity contribution < 1.29 is 19.4 Å². The van der Waals surface area contributed by atoms with Gasteiger partial charge >= 0.3 is 5.97 Å². The summed E-state index contributed by atoms with van der Waals surface area (Å²) in [4.78, 5) is 24.7. The number of carboxylic acids is 1. The van der Waals surface area contributed by atoms with E-state index in [1.165, 1.54) is 0 Å². The smallest absolute Gasteiger partial charge is 0.303 e. The van der Waals surface area contributed by atoms with Crippen molar-refractivity contribution in [3.63, 3.8) is 0 Å². The number of hydrogen-bond acceptors (Lipinski definition) is 3. The Hall–Kier alpha value is 0.150. The van der Waals surface area contributed by atoms with Crippen LogP contribution < -0.4 is 9.64 Å². The van der Waals surface area contributed by atoms with E-state index in [1.54, 1.807) is 4.90 Å². The molecule has 1 rings (SSSR count). The van der Waals surface area contributed by atoms with Crippen molar-refractivity contribution in [1.29, 1.82) is 0 Å². The Morgan fingerprint density at radius 2 is 1.82 bits per heavy atom. The highest BCUT2D eigenvalue weighted by atomic mass is 127. The molecule has 0 bridgehead atoms. The predicted molar refractivity (Wildman–Crippen MR) is 111 cm³/mol. The number of nitrogens with zero attached hydrogens (tertiary/aromatic N) is 1. The maximum Gasteiger partial charge on any atom is 0.303 e. The van der Waals surface area contributed by atoms with E-state index in [4.69, 9.17) is 9.84 Å². The van der Waals surface area contributed by atoms with Crippen LogP contribution in [0, 0.1) is 10.7 Å². The van der Waals surface area contributed by atoms with Crippen LogP contribution in [0.25, 0.3) is 0 Å². The molecule has 0 fully saturated rings. The summed E-state index contributed by atoms with van der Waals surface area (Å²) in [5, 5.41) is 8.75. The van der Waals surface area contributed by atoms with E-state index in [9.17, 15) is 9.59 Å². The van der Waals surface area contributed by atoms with Gasteiger partial charge in [0.15, 0.2) is 0 Å². The van der Waals surface area contributed by atoms with Gasteiger partial charge < -0.3 is 14.7 Å². The van der Waals surface area contributed by atoms with Crippen LogP contribution in [0.3, 0.4) is 0 Å². The first-order valence-electron chi connectivity index (χ1n) is 6.65. The molecule has 0 aliphatic rings. The number of carbonyl (C=O) groups is 2. The first-order chi connectivity index (χ1) is 10.3. The van der Waals surface area contributed by atoms with Gasteiger partial charge in [0.1, 0.15) is 5.75 Å². The Morgan fingerprint density at radius 3 is 2.32 bits per heavy atom. The number of hydrogen-bond donors (Lipinski definition) is 1. The predicted octanol–water partition coefficient (Wildman–Crippen LogP) is 4.12. The van der Waals surface area contributed by atoms with Crippen LogP contribution in [0.4, 0.5) is 5.69 Å². The summed E-state index contributed by atoms with van der Waals surface area (Å²) in [6, 6.07) is 1.97. The van der Waals surface area contributed by atoms with E-state index in [1.807, 2.05) is 19.9 Å². The summed E-state index contributed by atoms with van der Waals surface area (Å²) in [7, 11) is 0. The zero-order valence-corrected chi connectivity index (χ0v) is 18.6. The minimum absolute atomic E-state index is 0.00864. The number of rotatable bonds is 7. The Balaban J connectivity index is 3.23. The van der Waals surface area contributed by atoms with Crippen LogP contribution >= 0.6 is 67.8 Å². The second-order valence-corrected chi connectivity index (χ2v) is 7.70. The number of ether oxygens (including phenoxy) is 1. The van der Waals surface area contributed by atoms with Gasteiger partial charge in [-0.15, -0.1) is 0 Å². The highest BCUT2D eigenvalue weighted by Gasteiger charge is 2.23. The molecular formula is C14H16I3NO4. The van der Waals surface area contributed by atoms with Crippen LogP contribution in [0.5, 0.6) is 5.75 Å². The molecule has 0 atom stereocenters. The third-order valence-corrected chi connectivity index (χ3v) is 5.46. The summed E-state index contributed by atoms with van der Waals surface area (Å²) in [6.45, 7) is 4.82. The van der Waals surface area contributed by atoms with Gasteiger partial charge in [-0.1, -0.05) is 0 Å². The standard InChI is InChI=1S/C14H16I3NO4/c1-3-18(10(19)5-6-11(20)21)13-8(15)7-9(16)14(12(13)17)22-4-2/h7H,3-6H2,1-2H3,(H,20,21). The van der Waals surface area contributed by atoms with Crippen molar-refractivity contribution >= 4 is 85.3 Å². The number of amides is 1. The largest absolute Gasteiger partial charge is 0.492 e. The lowest BCUT2D eigenvalue weighted by atomic mass is 10.2. The third-order valence-electron chi connectivity index (χ3n) is 2.83. The molecule has 0 unspecified atom stereocenters. The minimum atomic E-state index is -0.966. The Kier molecular flexibility index (Phi) is 8.67. The molecule has 0 radical (unpaired) electrons. The van der Waals surface area contributed by atoms with Crippen molar-refractivity contribution in [2.45, 2.75) is 26.7 Å². The summed E-state index contributed by atoms with van der Waals surface area (Å²) in [6.07, 6.45) is -0.170. The first-order valence-corrected chi connectivity index (χ1v) is 9.89. The van der Waals surface area contributed by atoms with Crippen molar-refractivity contribution in [1.82, 2.24) is 0 Å². The second kappa shape index (κ2) is 9.45. The molecule has 0 saturated heterocycles. The van der Waals surface area contributed by atoms with E-state index >= 15 is 0 Å². The molecule has 0 heterocycles. The van der Waals surface area contributed by atoms with Gasteiger partial charge in [0.25, 0.3) is 0 Å². The molecule has 22 heavy (non-hydrogen) atoms. The fourth-order valence-electron chi connectivity index (χ4n) is 1.89. The van der Waals surface area contributed by atoms with Crippen LogP contribution in [-0.2, 0) is 9.59 Å². The topological polar surface area (TPSA) is 66.8 Å². The average molecular weight is 643 g/mol. The van der Waals surface area contributed by atoms with Gasteiger partial charge in [0.2, 0.25) is 5.91 Å². The second-order valence-electron chi connectivity index (χ2n) is 4.30. The van der Waals surface area contributed by atoms with Gasteiger partial charge in [-0.2, -0.15) is 0 Å². The fourth-order valence-corrected chi connectivity index (χ4v) is 6.16. The lowest BCUT2D eigenvalue weighted by molar-refractivity contribution is -0.138. The maximum atomic E-state index is 12.4. The Morgan fingerprint density at radius 1 is 1.18 bits per heavy atom. The summed E-state index contributed by atoms with van der Waals surface area (Å²) in [5.41, 5.74) is 0.794. The van der Waals surface area contributed by atoms with E-state index in [-0.39, 0.29) is 18.7 Å². The molecule has 122 valence electrons. The highest BCUT2D eigenvalue weighted by Crippen LogP contribution is 2.39. The van der Waals surface area contributed by atoms with Crippen LogP contribution in [-0.4, -0.2) is 30.1 Å². The molecule has 1 aromatic carbocycles. The van der Waals surface area contributed by atoms with E-state index < -0.39 is 5.97 Å². The molecular weight excluding hydrogens is 627 g/mol. The van der Waals surface area contributed by atoms with Crippen molar-refractivity contribution in [3.05, 3.63) is 16.8 Å². The average Bonchev–Trinajstić information content (AvgIpc) is 2.45. The Bertz CT molecular complexity index is 578. The molecule has 5 nitrogen and oxygen atoms in total.